The van der Waals surface area contributed by atoms with Gasteiger partial charge in [-0.05, 0) is 37.3 Å². The summed E-state index contributed by atoms with van der Waals surface area (Å²) >= 11 is 0. The first-order valence-electron chi connectivity index (χ1n) is 7.66. The van der Waals surface area contributed by atoms with Crippen molar-refractivity contribution in [3.8, 4) is 0 Å². The normalized spacial score (nSPS) is 18.6. The fourth-order valence-corrected chi connectivity index (χ4v) is 3.31. The predicted octanol–water partition coefficient (Wildman–Crippen LogP) is 2.39. The number of carbonyl (C=O) groups is 1. The molecule has 1 amide bonds. The smallest absolute Gasteiger partial charge is 0.223 e. The summed E-state index contributed by atoms with van der Waals surface area (Å²) in [7, 11) is 0. The van der Waals surface area contributed by atoms with Crippen LogP contribution in [0, 0.1) is 6.92 Å². The van der Waals surface area contributed by atoms with E-state index in [0.717, 1.165) is 31.3 Å². The number of aliphatic hydroxyl groups is 1. The van der Waals surface area contributed by atoms with Crippen LogP contribution in [-0.4, -0.2) is 40.1 Å². The van der Waals surface area contributed by atoms with Gasteiger partial charge in [0.25, 0.3) is 0 Å². The van der Waals surface area contributed by atoms with Gasteiger partial charge in [-0.2, -0.15) is 0 Å². The van der Waals surface area contributed by atoms with Gasteiger partial charge in [0.05, 0.1) is 12.6 Å². The maximum Gasteiger partial charge on any atom is 0.223 e. The zero-order valence-electron chi connectivity index (χ0n) is 12.4. The SMILES string of the molecule is Cc1cccc2c(CCC(=O)N3CCC[C@@H]3CO)c[nH]c12. The summed E-state index contributed by atoms with van der Waals surface area (Å²) < 4.78 is 0. The average Bonchev–Trinajstić information content (AvgIpc) is 3.12. The number of nitrogens with one attached hydrogen (secondary N) is 1. The Morgan fingerprint density at radius 2 is 2.33 bits per heavy atom. The van der Waals surface area contributed by atoms with Crippen molar-refractivity contribution >= 4 is 16.8 Å². The fourth-order valence-electron chi connectivity index (χ4n) is 3.31. The Hall–Kier alpha value is -1.81. The van der Waals surface area contributed by atoms with Crippen LogP contribution < -0.4 is 0 Å². The predicted molar refractivity (Wildman–Crippen MR) is 83.2 cm³/mol. The molecule has 1 aliphatic rings. The van der Waals surface area contributed by atoms with E-state index >= 15 is 0 Å². The maximum absolute atomic E-state index is 12.3. The number of hydrogen-bond donors (Lipinski definition) is 2. The number of hydrogen-bond acceptors (Lipinski definition) is 2. The van der Waals surface area contributed by atoms with Crippen molar-refractivity contribution < 1.29 is 9.90 Å². The Morgan fingerprint density at radius 1 is 1.48 bits per heavy atom. The molecule has 1 fully saturated rings. The molecule has 0 saturated carbocycles. The molecule has 0 unspecified atom stereocenters. The second kappa shape index (κ2) is 5.90. The van der Waals surface area contributed by atoms with E-state index in [1.54, 1.807) is 0 Å². The molecule has 0 bridgehead atoms. The highest BCUT2D eigenvalue weighted by molar-refractivity contribution is 5.86. The second-order valence-corrected chi connectivity index (χ2v) is 5.88. The van der Waals surface area contributed by atoms with Gasteiger partial charge in [0.2, 0.25) is 5.91 Å². The summed E-state index contributed by atoms with van der Waals surface area (Å²) in [6, 6.07) is 6.27. The summed E-state index contributed by atoms with van der Waals surface area (Å²) in [5, 5.41) is 10.5. The Bertz CT molecular complexity index is 647. The highest BCUT2D eigenvalue weighted by Crippen LogP contribution is 2.23. The second-order valence-electron chi connectivity index (χ2n) is 5.88. The quantitative estimate of drug-likeness (QED) is 0.906. The molecule has 1 aromatic heterocycles. The zero-order chi connectivity index (χ0) is 14.8. The van der Waals surface area contributed by atoms with Crippen molar-refractivity contribution in [1.82, 2.24) is 9.88 Å². The van der Waals surface area contributed by atoms with Gasteiger partial charge in [-0.1, -0.05) is 18.2 Å². The summed E-state index contributed by atoms with van der Waals surface area (Å²) in [5.74, 6) is 0.161. The standard InChI is InChI=1S/C17H22N2O2/c1-12-4-2-6-15-13(10-18-17(12)15)7-8-16(21)19-9-3-5-14(19)11-20/h2,4,6,10,14,18,20H,3,5,7-9,11H2,1H3/t14-/m1/s1. The third-order valence-electron chi connectivity index (χ3n) is 4.53. The van der Waals surface area contributed by atoms with Crippen LogP contribution in [0.25, 0.3) is 10.9 Å². The van der Waals surface area contributed by atoms with E-state index in [1.807, 2.05) is 11.1 Å². The van der Waals surface area contributed by atoms with Crippen LogP contribution in [0.15, 0.2) is 24.4 Å². The van der Waals surface area contributed by atoms with Crippen molar-refractivity contribution in [3.05, 3.63) is 35.5 Å². The molecule has 1 saturated heterocycles. The van der Waals surface area contributed by atoms with Crippen LogP contribution >= 0.6 is 0 Å². The number of benzene rings is 1. The number of aliphatic hydroxyl groups excluding tert-OH is 1. The number of fused-ring (bicyclic) bond motifs is 1. The number of rotatable bonds is 4. The molecule has 2 heterocycles. The monoisotopic (exact) mass is 286 g/mol. The Balaban J connectivity index is 1.69. The summed E-state index contributed by atoms with van der Waals surface area (Å²) in [6.07, 6.45) is 5.20. The molecule has 0 radical (unpaired) electrons. The van der Waals surface area contributed by atoms with E-state index in [9.17, 15) is 9.90 Å². The van der Waals surface area contributed by atoms with E-state index in [4.69, 9.17) is 0 Å². The summed E-state index contributed by atoms with van der Waals surface area (Å²) in [5.41, 5.74) is 3.58. The number of para-hydroxylation sites is 1. The number of H-pyrrole nitrogens is 1. The van der Waals surface area contributed by atoms with E-state index < -0.39 is 0 Å². The lowest BCUT2D eigenvalue weighted by molar-refractivity contribution is -0.132. The van der Waals surface area contributed by atoms with Crippen LogP contribution in [0.5, 0.6) is 0 Å². The van der Waals surface area contributed by atoms with Crippen molar-refractivity contribution in [2.75, 3.05) is 13.2 Å². The number of carbonyl (C=O) groups excluding carboxylic acids is 1. The largest absolute Gasteiger partial charge is 0.394 e. The fraction of sp³-hybridized carbons (Fsp3) is 0.471. The van der Waals surface area contributed by atoms with Gasteiger partial charge >= 0.3 is 0 Å². The molecule has 1 aliphatic heterocycles. The van der Waals surface area contributed by atoms with E-state index in [0.29, 0.717) is 6.42 Å². The third-order valence-corrected chi connectivity index (χ3v) is 4.53. The lowest BCUT2D eigenvalue weighted by Gasteiger charge is -2.22. The average molecular weight is 286 g/mol. The number of aromatic nitrogens is 1. The first kappa shape index (κ1) is 14.1. The van der Waals surface area contributed by atoms with E-state index in [1.165, 1.54) is 16.5 Å². The van der Waals surface area contributed by atoms with Gasteiger partial charge in [-0.3, -0.25) is 4.79 Å². The highest BCUT2D eigenvalue weighted by atomic mass is 16.3. The van der Waals surface area contributed by atoms with E-state index in [-0.39, 0.29) is 18.6 Å². The molecule has 4 nitrogen and oxygen atoms in total. The maximum atomic E-state index is 12.3. The van der Waals surface area contributed by atoms with Gasteiger partial charge in [-0.25, -0.2) is 0 Å². The van der Waals surface area contributed by atoms with Crippen LogP contribution in [0.2, 0.25) is 0 Å². The number of aromatic amines is 1. The molecule has 0 aliphatic carbocycles. The van der Waals surface area contributed by atoms with Crippen LogP contribution in [0.3, 0.4) is 0 Å². The first-order chi connectivity index (χ1) is 10.2. The van der Waals surface area contributed by atoms with Crippen molar-refractivity contribution in [1.29, 1.82) is 0 Å². The molecule has 112 valence electrons. The molecule has 0 spiro atoms. The van der Waals surface area contributed by atoms with Crippen LogP contribution in [-0.2, 0) is 11.2 Å². The van der Waals surface area contributed by atoms with Gasteiger partial charge in [0.15, 0.2) is 0 Å². The molecule has 3 rings (SSSR count). The number of likely N-dealkylation sites (tertiary alicyclic amines) is 1. The van der Waals surface area contributed by atoms with Gasteiger partial charge in [-0.15, -0.1) is 0 Å². The van der Waals surface area contributed by atoms with Gasteiger partial charge < -0.3 is 15.0 Å². The molecule has 2 aromatic rings. The first-order valence-corrected chi connectivity index (χ1v) is 7.66. The molecule has 2 N–H and O–H groups in total. The molecule has 1 atom stereocenters. The van der Waals surface area contributed by atoms with E-state index in [2.05, 4.69) is 30.1 Å². The highest BCUT2D eigenvalue weighted by Gasteiger charge is 2.27. The van der Waals surface area contributed by atoms with Crippen molar-refractivity contribution in [3.63, 3.8) is 0 Å². The summed E-state index contributed by atoms with van der Waals surface area (Å²) in [6.45, 7) is 2.96. The minimum absolute atomic E-state index is 0.0303. The number of nitrogens with zero attached hydrogens (tertiary/aromatic N) is 1. The Morgan fingerprint density at radius 3 is 3.14 bits per heavy atom. The topological polar surface area (TPSA) is 56.3 Å². The van der Waals surface area contributed by atoms with Crippen LogP contribution in [0.4, 0.5) is 0 Å². The van der Waals surface area contributed by atoms with Crippen molar-refractivity contribution in [2.24, 2.45) is 0 Å². The van der Waals surface area contributed by atoms with Gasteiger partial charge in [0.1, 0.15) is 0 Å². The van der Waals surface area contributed by atoms with Crippen LogP contribution in [0.1, 0.15) is 30.4 Å². The molecule has 21 heavy (non-hydrogen) atoms. The Labute approximate surface area is 124 Å². The lowest BCUT2D eigenvalue weighted by Crippen LogP contribution is -2.37. The van der Waals surface area contributed by atoms with Crippen molar-refractivity contribution in [2.45, 2.75) is 38.6 Å². The molecule has 4 heteroatoms. The number of amides is 1. The lowest BCUT2D eigenvalue weighted by atomic mass is 10.1. The zero-order valence-corrected chi connectivity index (χ0v) is 12.4. The Kier molecular flexibility index (Phi) is 3.97. The third kappa shape index (κ3) is 2.68. The number of aryl methyl sites for hydroxylation is 2. The minimum atomic E-state index is 0.0303. The molecular formula is C17H22N2O2. The van der Waals surface area contributed by atoms with Gasteiger partial charge in [0, 0.05) is 30.1 Å². The molecular weight excluding hydrogens is 264 g/mol. The molecule has 1 aromatic carbocycles. The minimum Gasteiger partial charge on any atom is -0.394 e. The summed E-state index contributed by atoms with van der Waals surface area (Å²) in [4.78, 5) is 17.5.